The Hall–Kier alpha value is -2.73. The van der Waals surface area contributed by atoms with Crippen LogP contribution in [0.25, 0.3) is 11.0 Å². The average molecular weight is 376 g/mol. The summed E-state index contributed by atoms with van der Waals surface area (Å²) in [6.07, 6.45) is 6.98. The fourth-order valence-electron chi connectivity index (χ4n) is 5.31. The molecule has 0 aliphatic carbocycles. The van der Waals surface area contributed by atoms with E-state index in [1.54, 1.807) is 17.1 Å². The predicted molar refractivity (Wildman–Crippen MR) is 106 cm³/mol. The minimum absolute atomic E-state index is 0.0199. The lowest BCUT2D eigenvalue weighted by atomic mass is 9.70. The van der Waals surface area contributed by atoms with Crippen LogP contribution in [0.1, 0.15) is 35.2 Å². The molecule has 2 aliphatic heterocycles. The van der Waals surface area contributed by atoms with Crippen LogP contribution in [0.2, 0.25) is 0 Å². The molecule has 6 nitrogen and oxygen atoms in total. The van der Waals surface area contributed by atoms with E-state index in [1.807, 2.05) is 36.2 Å². The predicted octanol–water partition coefficient (Wildman–Crippen LogP) is 2.57. The molecule has 28 heavy (non-hydrogen) atoms. The molecule has 3 atom stereocenters. The highest BCUT2D eigenvalue weighted by molar-refractivity contribution is 5.97. The van der Waals surface area contributed by atoms with Gasteiger partial charge in [0.15, 0.2) is 0 Å². The number of benzene rings is 1. The summed E-state index contributed by atoms with van der Waals surface area (Å²) in [7, 11) is 1.86. The normalized spacial score (nSPS) is 26.3. The summed E-state index contributed by atoms with van der Waals surface area (Å²) in [5.74, 6) is 0.0199. The van der Waals surface area contributed by atoms with E-state index in [4.69, 9.17) is 0 Å². The first-order valence-corrected chi connectivity index (χ1v) is 9.86. The summed E-state index contributed by atoms with van der Waals surface area (Å²) in [6, 6.07) is 12.4. The maximum absolute atomic E-state index is 13.4. The molecule has 5 rings (SSSR count). The van der Waals surface area contributed by atoms with E-state index in [0.29, 0.717) is 5.56 Å². The molecule has 0 spiro atoms. The molecule has 1 aromatic carbocycles. The number of pyridine rings is 1. The van der Waals surface area contributed by atoms with Crippen molar-refractivity contribution in [3.05, 3.63) is 59.9 Å². The number of fused-ring (bicyclic) bond motifs is 3. The summed E-state index contributed by atoms with van der Waals surface area (Å²) < 4.78 is 1.74. The van der Waals surface area contributed by atoms with E-state index in [2.05, 4.69) is 22.2 Å². The summed E-state index contributed by atoms with van der Waals surface area (Å²) >= 11 is 0. The summed E-state index contributed by atoms with van der Waals surface area (Å²) in [4.78, 5) is 19.9. The van der Waals surface area contributed by atoms with E-state index in [9.17, 15) is 9.90 Å². The number of aryl methyl sites for hydroxylation is 1. The molecule has 2 bridgehead atoms. The Morgan fingerprint density at radius 1 is 1.25 bits per heavy atom. The van der Waals surface area contributed by atoms with Gasteiger partial charge in [0.05, 0.1) is 23.9 Å². The third-order valence-corrected chi connectivity index (χ3v) is 6.65. The molecule has 2 saturated heterocycles. The molecular formula is C22H24N4O2. The Bertz CT molecular complexity index is 1030. The van der Waals surface area contributed by atoms with Crippen molar-refractivity contribution in [1.82, 2.24) is 19.7 Å². The number of nitrogens with zero attached hydrogens (tertiary/aromatic N) is 4. The number of hydrogen-bond donors (Lipinski definition) is 1. The molecule has 1 N–H and O–H groups in total. The SMILES string of the molecule is Cn1ncc2ncc(C(=O)N3[C@@H]4CC[C@H]3[C@](CO)(Cc3ccccc3)C4)cc21. The first-order valence-electron chi connectivity index (χ1n) is 9.86. The third kappa shape index (κ3) is 2.55. The molecule has 4 heterocycles. The van der Waals surface area contributed by atoms with Gasteiger partial charge in [-0.1, -0.05) is 30.3 Å². The maximum Gasteiger partial charge on any atom is 0.256 e. The number of aliphatic hydroxyl groups excluding tert-OH is 1. The van der Waals surface area contributed by atoms with Crippen molar-refractivity contribution >= 4 is 16.9 Å². The largest absolute Gasteiger partial charge is 0.396 e. The van der Waals surface area contributed by atoms with Crippen LogP contribution in [0.4, 0.5) is 0 Å². The summed E-state index contributed by atoms with van der Waals surface area (Å²) in [6.45, 7) is 0.103. The van der Waals surface area contributed by atoms with Gasteiger partial charge >= 0.3 is 0 Å². The van der Waals surface area contributed by atoms with Gasteiger partial charge in [-0.15, -0.1) is 0 Å². The van der Waals surface area contributed by atoms with Crippen LogP contribution in [0.15, 0.2) is 48.8 Å². The van der Waals surface area contributed by atoms with Crippen molar-refractivity contribution in [2.75, 3.05) is 6.61 Å². The van der Waals surface area contributed by atoms with Crippen LogP contribution in [0.5, 0.6) is 0 Å². The molecule has 2 aliphatic rings. The van der Waals surface area contributed by atoms with E-state index in [0.717, 1.165) is 36.7 Å². The number of rotatable bonds is 4. The first-order chi connectivity index (χ1) is 13.6. The molecule has 2 aromatic heterocycles. The maximum atomic E-state index is 13.4. The molecule has 0 radical (unpaired) electrons. The van der Waals surface area contributed by atoms with Crippen molar-refractivity contribution in [3.63, 3.8) is 0 Å². The molecule has 144 valence electrons. The van der Waals surface area contributed by atoms with Crippen LogP contribution in [-0.4, -0.2) is 49.4 Å². The number of aromatic nitrogens is 3. The molecule has 1 amide bonds. The lowest BCUT2D eigenvalue weighted by Crippen LogP contribution is -2.44. The van der Waals surface area contributed by atoms with Crippen molar-refractivity contribution in [3.8, 4) is 0 Å². The van der Waals surface area contributed by atoms with E-state index >= 15 is 0 Å². The van der Waals surface area contributed by atoms with Gasteiger partial charge in [0, 0.05) is 30.7 Å². The third-order valence-electron chi connectivity index (χ3n) is 6.65. The summed E-state index contributed by atoms with van der Waals surface area (Å²) in [5.41, 5.74) is 3.20. The molecule has 3 aromatic rings. The van der Waals surface area contributed by atoms with E-state index in [1.165, 1.54) is 5.56 Å². The van der Waals surface area contributed by atoms with Gasteiger partial charge in [-0.2, -0.15) is 5.10 Å². The molecular weight excluding hydrogens is 352 g/mol. The second-order valence-electron chi connectivity index (χ2n) is 8.24. The Kier molecular flexibility index (Phi) is 3.98. The number of hydrogen-bond acceptors (Lipinski definition) is 4. The van der Waals surface area contributed by atoms with Gasteiger partial charge in [0.25, 0.3) is 5.91 Å². The number of amides is 1. The second-order valence-corrected chi connectivity index (χ2v) is 8.24. The molecule has 2 fully saturated rings. The summed E-state index contributed by atoms with van der Waals surface area (Å²) in [5, 5.41) is 14.6. The van der Waals surface area contributed by atoms with Gasteiger partial charge < -0.3 is 10.0 Å². The zero-order valence-corrected chi connectivity index (χ0v) is 16.0. The Morgan fingerprint density at radius 2 is 2.07 bits per heavy atom. The second kappa shape index (κ2) is 6.41. The molecule has 0 unspecified atom stereocenters. The highest BCUT2D eigenvalue weighted by Gasteiger charge is 2.57. The van der Waals surface area contributed by atoms with Crippen molar-refractivity contribution in [2.45, 2.75) is 37.8 Å². The lowest BCUT2D eigenvalue weighted by molar-refractivity contribution is 0.0571. The van der Waals surface area contributed by atoms with Crippen molar-refractivity contribution in [2.24, 2.45) is 12.5 Å². The molecule has 0 saturated carbocycles. The van der Waals surface area contributed by atoms with Gasteiger partial charge in [0.1, 0.15) is 5.52 Å². The Balaban J connectivity index is 1.47. The van der Waals surface area contributed by atoms with E-state index < -0.39 is 0 Å². The first kappa shape index (κ1) is 17.4. The fourth-order valence-corrected chi connectivity index (χ4v) is 5.31. The Labute approximate surface area is 163 Å². The van der Waals surface area contributed by atoms with E-state index in [-0.39, 0.29) is 30.0 Å². The van der Waals surface area contributed by atoms with Crippen LogP contribution >= 0.6 is 0 Å². The number of carbonyl (C=O) groups excluding carboxylic acids is 1. The minimum atomic E-state index is -0.260. The topological polar surface area (TPSA) is 71.2 Å². The lowest BCUT2D eigenvalue weighted by Gasteiger charge is -2.36. The zero-order chi connectivity index (χ0) is 19.3. The van der Waals surface area contributed by atoms with Gasteiger partial charge in [0.2, 0.25) is 0 Å². The number of carbonyl (C=O) groups is 1. The van der Waals surface area contributed by atoms with Crippen molar-refractivity contribution < 1.29 is 9.90 Å². The van der Waals surface area contributed by atoms with Gasteiger partial charge in [-0.25, -0.2) is 0 Å². The zero-order valence-electron chi connectivity index (χ0n) is 16.0. The molecule has 6 heteroatoms. The minimum Gasteiger partial charge on any atom is -0.396 e. The van der Waals surface area contributed by atoms with Crippen molar-refractivity contribution in [1.29, 1.82) is 0 Å². The van der Waals surface area contributed by atoms with Gasteiger partial charge in [-0.05, 0) is 37.3 Å². The van der Waals surface area contributed by atoms with Crippen LogP contribution in [0, 0.1) is 5.41 Å². The monoisotopic (exact) mass is 376 g/mol. The highest BCUT2D eigenvalue weighted by atomic mass is 16.3. The van der Waals surface area contributed by atoms with Crippen LogP contribution < -0.4 is 0 Å². The average Bonchev–Trinajstić information content (AvgIpc) is 3.40. The fraction of sp³-hybridized carbons (Fsp3) is 0.409. The van der Waals surface area contributed by atoms with Crippen LogP contribution in [-0.2, 0) is 13.5 Å². The highest BCUT2D eigenvalue weighted by Crippen LogP contribution is 2.51. The Morgan fingerprint density at radius 3 is 2.86 bits per heavy atom. The van der Waals surface area contributed by atoms with Crippen LogP contribution in [0.3, 0.4) is 0 Å². The quantitative estimate of drug-likeness (QED) is 0.760. The van der Waals surface area contributed by atoms with Gasteiger partial charge in [-0.3, -0.25) is 14.5 Å². The standard InChI is InChI=1S/C22H24N4O2/c1-25-19-9-16(12-23-18(19)13-24-25)21(28)26-17-7-8-20(26)22(11-17,14-27)10-15-5-3-2-4-6-15/h2-6,9,12-13,17,20,27H,7-8,10-11,14H2,1H3/t17-,20+,22-/m1/s1. The smallest absolute Gasteiger partial charge is 0.256 e. The number of aliphatic hydroxyl groups is 1.